The quantitative estimate of drug-likeness (QED) is 0.237. The monoisotopic (exact) mass is 642 g/mol. The average Bonchev–Trinajstić information content (AvgIpc) is 3.82. The number of ether oxygens (including phenoxy) is 12. The molecule has 4 unspecified atom stereocenters. The molecule has 1 aromatic rings. The third-order valence-electron chi connectivity index (χ3n) is 6.08. The molecule has 4 aliphatic heterocycles. The summed E-state index contributed by atoms with van der Waals surface area (Å²) in [5.41, 5.74) is -2.51. The zero-order valence-corrected chi connectivity index (χ0v) is 22.7. The molecule has 1 N–H and O–H groups in total. The van der Waals surface area contributed by atoms with Gasteiger partial charge in [0.2, 0.25) is 0 Å². The number of benzene rings is 1. The second-order valence-corrected chi connectivity index (χ2v) is 9.25. The highest BCUT2D eigenvalue weighted by molar-refractivity contribution is 6.10. The van der Waals surface area contributed by atoms with E-state index in [1.54, 1.807) is 0 Å². The molecule has 0 radical (unpaired) electrons. The lowest BCUT2D eigenvalue weighted by Crippen LogP contribution is -2.27. The summed E-state index contributed by atoms with van der Waals surface area (Å²) in [5.74, 6) is -5.02. The molecule has 4 aliphatic rings. The number of rotatable bonds is 11. The maximum Gasteiger partial charge on any atom is 0.511 e. The third-order valence-corrected chi connectivity index (χ3v) is 6.08. The Morgan fingerprint density at radius 3 is 1.47 bits per heavy atom. The summed E-state index contributed by atoms with van der Waals surface area (Å²) in [6.45, 7) is -4.16. The lowest BCUT2D eigenvalue weighted by atomic mass is 9.97. The lowest BCUT2D eigenvalue weighted by molar-refractivity contribution is -0.206. The molecule has 1 aromatic carbocycles. The van der Waals surface area contributed by atoms with E-state index in [4.69, 9.17) is 37.9 Å². The number of carbonyl (C=O) groups is 7. The van der Waals surface area contributed by atoms with Gasteiger partial charge in [0.25, 0.3) is 12.8 Å². The van der Waals surface area contributed by atoms with Crippen molar-refractivity contribution in [2.75, 3.05) is 46.2 Å². The van der Waals surface area contributed by atoms with Crippen LogP contribution >= 0.6 is 0 Å². The SMILES string of the molecule is O=C1OCC(COC(=O)c2cc(C(=O)OC3COC(=O)O3)c(C(=O)OC[C@H]3COC(=O)O3)cc2C(=O)OCC2COC(O)O2)O1. The Balaban J connectivity index is 1.44. The van der Waals surface area contributed by atoms with Crippen molar-refractivity contribution in [1.29, 1.82) is 0 Å². The molecule has 242 valence electrons. The standard InChI is InChI=1S/C25H22O20/c26-18(34-3-10-6-37-22(30)41-10)13-1-15(20(28)36-5-12-8-39-24(32)43-12)16(21(29)44-17-9-40-25(33)45-17)2-14(13)19(27)35-4-11-7-38-23(31)42-11/h1-2,10-12,17,22,30H,3-9H2/t10?,11?,12-,17?,22?/m0/s1. The van der Waals surface area contributed by atoms with E-state index in [2.05, 4.69) is 18.9 Å². The van der Waals surface area contributed by atoms with E-state index in [9.17, 15) is 38.7 Å². The Labute approximate surface area is 250 Å². The Morgan fingerprint density at radius 2 is 1.07 bits per heavy atom. The molecule has 5 rings (SSSR count). The number of carbonyl (C=O) groups excluding carboxylic acids is 7. The minimum Gasteiger partial charge on any atom is -0.459 e. The molecule has 4 fully saturated rings. The minimum absolute atomic E-state index is 0.140. The summed E-state index contributed by atoms with van der Waals surface area (Å²) in [7, 11) is 0. The number of hydrogen-bond donors (Lipinski definition) is 1. The first-order valence-corrected chi connectivity index (χ1v) is 12.9. The van der Waals surface area contributed by atoms with E-state index >= 15 is 0 Å². The van der Waals surface area contributed by atoms with Crippen LogP contribution < -0.4 is 0 Å². The highest BCUT2D eigenvalue weighted by Gasteiger charge is 2.35. The summed E-state index contributed by atoms with van der Waals surface area (Å²) in [4.78, 5) is 86.4. The number of esters is 4. The average molecular weight is 642 g/mol. The van der Waals surface area contributed by atoms with Crippen molar-refractivity contribution < 1.29 is 95.5 Å². The van der Waals surface area contributed by atoms with Gasteiger partial charge in [-0.3, -0.25) is 0 Å². The Kier molecular flexibility index (Phi) is 9.45. The van der Waals surface area contributed by atoms with Crippen LogP contribution in [0.2, 0.25) is 0 Å². The van der Waals surface area contributed by atoms with Crippen LogP contribution in [0.15, 0.2) is 12.1 Å². The van der Waals surface area contributed by atoms with Crippen molar-refractivity contribution in [3.8, 4) is 0 Å². The highest BCUT2D eigenvalue weighted by atomic mass is 16.8. The van der Waals surface area contributed by atoms with Gasteiger partial charge in [-0.05, 0) is 12.1 Å². The van der Waals surface area contributed by atoms with Crippen LogP contribution in [0.25, 0.3) is 0 Å². The number of hydrogen-bond acceptors (Lipinski definition) is 20. The molecule has 0 aromatic heterocycles. The Morgan fingerprint density at radius 1 is 0.622 bits per heavy atom. The summed E-state index contributed by atoms with van der Waals surface area (Å²) in [6.07, 6.45) is -7.50. The molecule has 0 spiro atoms. The van der Waals surface area contributed by atoms with Gasteiger partial charge in [0, 0.05) is 0 Å². The van der Waals surface area contributed by atoms with Crippen molar-refractivity contribution in [1.82, 2.24) is 0 Å². The van der Waals surface area contributed by atoms with Crippen LogP contribution in [0.4, 0.5) is 14.4 Å². The lowest BCUT2D eigenvalue weighted by Gasteiger charge is -2.17. The van der Waals surface area contributed by atoms with Gasteiger partial charge in [-0.2, -0.15) is 0 Å². The minimum atomic E-state index is -1.55. The van der Waals surface area contributed by atoms with Crippen molar-refractivity contribution in [3.05, 3.63) is 34.4 Å². The van der Waals surface area contributed by atoms with Crippen molar-refractivity contribution >= 4 is 42.3 Å². The van der Waals surface area contributed by atoms with Crippen LogP contribution in [0, 0.1) is 0 Å². The molecule has 0 bridgehead atoms. The molecule has 0 saturated carbocycles. The Bertz CT molecular complexity index is 1390. The van der Waals surface area contributed by atoms with Crippen LogP contribution in [-0.4, -0.2) is 125 Å². The number of aliphatic hydroxyl groups is 1. The molecule has 0 amide bonds. The maximum atomic E-state index is 13.2. The Hall–Kier alpha value is -5.21. The largest absolute Gasteiger partial charge is 0.511 e. The van der Waals surface area contributed by atoms with Crippen LogP contribution in [-0.2, 0) is 56.8 Å². The van der Waals surface area contributed by atoms with Gasteiger partial charge in [0.05, 0.1) is 28.9 Å². The molecular weight excluding hydrogens is 620 g/mol. The first-order chi connectivity index (χ1) is 21.5. The fourth-order valence-electron chi connectivity index (χ4n) is 3.98. The maximum absolute atomic E-state index is 13.2. The predicted octanol–water partition coefficient (Wildman–Crippen LogP) is -0.431. The number of cyclic esters (lactones) is 6. The van der Waals surface area contributed by atoms with E-state index in [-0.39, 0.29) is 19.8 Å². The zero-order chi connectivity index (χ0) is 32.1. The third kappa shape index (κ3) is 7.85. The zero-order valence-electron chi connectivity index (χ0n) is 22.7. The fraction of sp³-hybridized carbons (Fsp3) is 0.480. The van der Waals surface area contributed by atoms with Crippen LogP contribution in [0.5, 0.6) is 0 Å². The molecule has 20 nitrogen and oxygen atoms in total. The van der Waals surface area contributed by atoms with E-state index in [1.807, 2.05) is 0 Å². The summed E-state index contributed by atoms with van der Waals surface area (Å²) in [5, 5.41) is 9.35. The van der Waals surface area contributed by atoms with Crippen LogP contribution in [0.3, 0.4) is 0 Å². The van der Waals surface area contributed by atoms with Gasteiger partial charge in [0.15, 0.2) is 18.8 Å². The second kappa shape index (κ2) is 13.6. The van der Waals surface area contributed by atoms with Gasteiger partial charge in [-0.25, -0.2) is 33.6 Å². The summed E-state index contributed by atoms with van der Waals surface area (Å²) >= 11 is 0. The molecular formula is C25H22O20. The van der Waals surface area contributed by atoms with E-state index in [1.165, 1.54) is 0 Å². The van der Waals surface area contributed by atoms with Gasteiger partial charge in [-0.1, -0.05) is 0 Å². The summed E-state index contributed by atoms with van der Waals surface area (Å²) in [6, 6.07) is 1.55. The predicted molar refractivity (Wildman–Crippen MR) is 128 cm³/mol. The van der Waals surface area contributed by atoms with Crippen molar-refractivity contribution in [2.24, 2.45) is 0 Å². The van der Waals surface area contributed by atoms with Crippen molar-refractivity contribution in [3.63, 3.8) is 0 Å². The molecule has 20 heteroatoms. The van der Waals surface area contributed by atoms with Gasteiger partial charge in [-0.15, -0.1) is 0 Å². The smallest absolute Gasteiger partial charge is 0.459 e. The number of aliphatic hydroxyl groups excluding tert-OH is 1. The van der Waals surface area contributed by atoms with Gasteiger partial charge >= 0.3 is 42.3 Å². The summed E-state index contributed by atoms with van der Waals surface area (Å²) < 4.78 is 58.4. The molecule has 5 atom stereocenters. The van der Waals surface area contributed by atoms with Gasteiger partial charge < -0.3 is 61.9 Å². The topological polar surface area (TPSA) is 250 Å². The molecule has 4 heterocycles. The first-order valence-electron chi connectivity index (χ1n) is 12.9. The highest BCUT2D eigenvalue weighted by Crippen LogP contribution is 2.24. The molecule has 0 aliphatic carbocycles. The van der Waals surface area contributed by atoms with Crippen LogP contribution in [0.1, 0.15) is 41.4 Å². The van der Waals surface area contributed by atoms with E-state index < -0.39 is 122 Å². The van der Waals surface area contributed by atoms with E-state index in [0.29, 0.717) is 0 Å². The van der Waals surface area contributed by atoms with E-state index in [0.717, 1.165) is 12.1 Å². The molecule has 4 saturated heterocycles. The van der Waals surface area contributed by atoms with Crippen molar-refractivity contribution in [2.45, 2.75) is 31.1 Å². The first kappa shape index (κ1) is 31.2. The normalized spacial score (nSPS) is 25.2. The molecule has 45 heavy (non-hydrogen) atoms. The fourth-order valence-corrected chi connectivity index (χ4v) is 3.98. The van der Waals surface area contributed by atoms with Gasteiger partial charge in [0.1, 0.15) is 39.1 Å². The second-order valence-electron chi connectivity index (χ2n) is 9.25.